The lowest BCUT2D eigenvalue weighted by Crippen LogP contribution is -2.52. The van der Waals surface area contributed by atoms with Crippen LogP contribution < -0.4 is 10.6 Å². The van der Waals surface area contributed by atoms with Crippen LogP contribution in [0.3, 0.4) is 0 Å². The standard InChI is InChI=1S/C43H55ClN8O7/c1-23(2)34(48-42(55)58-7)40(53)51-21-26(22-57-6)19-33(51)38-45-20-31(46-38)29-14-10-27(11-15-29)28-12-16-30(17-13-28)36-37(44)50-39(47-36)32-18-9-25(5)52(32)41(54)35(24(3)4)49-43(56)59-8/h10-17,20,23-26,32-35H,9,18-19,21-22H2,1-8H3,(H,45,46)(H,47,50)(H,48,55)(H,49,56)/t25-,26-,32-,33-,34-,35-/m0/s1. The highest BCUT2D eigenvalue weighted by molar-refractivity contribution is 6.31. The van der Waals surface area contributed by atoms with Crippen molar-refractivity contribution in [3.63, 3.8) is 0 Å². The molecule has 6 atom stereocenters. The Kier molecular flexibility index (Phi) is 13.7. The summed E-state index contributed by atoms with van der Waals surface area (Å²) in [6, 6.07) is 14.0. The van der Waals surface area contributed by atoms with E-state index in [1.807, 2.05) is 83.1 Å². The second kappa shape index (κ2) is 18.7. The van der Waals surface area contributed by atoms with Gasteiger partial charge in [0.05, 0.1) is 50.5 Å². The summed E-state index contributed by atoms with van der Waals surface area (Å²) in [5.41, 5.74) is 5.28. The van der Waals surface area contributed by atoms with Crippen molar-refractivity contribution in [2.75, 3.05) is 34.5 Å². The maximum Gasteiger partial charge on any atom is 0.407 e. The van der Waals surface area contributed by atoms with Gasteiger partial charge in [0.15, 0.2) is 5.15 Å². The highest BCUT2D eigenvalue weighted by Crippen LogP contribution is 2.39. The van der Waals surface area contributed by atoms with Gasteiger partial charge in [-0.05, 0) is 54.7 Å². The monoisotopic (exact) mass is 830 g/mol. The van der Waals surface area contributed by atoms with Crippen LogP contribution in [0, 0.1) is 17.8 Å². The maximum atomic E-state index is 13.8. The molecule has 15 nitrogen and oxygen atoms in total. The first-order chi connectivity index (χ1) is 28.2. The fourth-order valence-electron chi connectivity index (χ4n) is 8.19. The molecule has 6 rings (SSSR count). The number of hydrogen-bond donors (Lipinski definition) is 4. The number of hydrogen-bond acceptors (Lipinski definition) is 9. The van der Waals surface area contributed by atoms with Crippen molar-refractivity contribution < 1.29 is 33.4 Å². The van der Waals surface area contributed by atoms with E-state index in [0.717, 1.165) is 34.4 Å². The van der Waals surface area contributed by atoms with Gasteiger partial charge in [0, 0.05) is 31.2 Å². The fourth-order valence-corrected chi connectivity index (χ4v) is 8.43. The third-order valence-electron chi connectivity index (χ3n) is 11.4. The Hall–Kier alpha value is -5.41. The van der Waals surface area contributed by atoms with Crippen molar-refractivity contribution in [1.82, 2.24) is 40.4 Å². The number of amides is 4. The van der Waals surface area contributed by atoms with Crippen molar-refractivity contribution in [2.24, 2.45) is 17.8 Å². The molecule has 4 aromatic rings. The van der Waals surface area contributed by atoms with Gasteiger partial charge in [-0.3, -0.25) is 9.59 Å². The molecule has 0 radical (unpaired) electrons. The number of likely N-dealkylation sites (tertiary alicyclic amines) is 2. The van der Waals surface area contributed by atoms with Crippen LogP contribution in [-0.2, 0) is 23.8 Å². The van der Waals surface area contributed by atoms with E-state index < -0.39 is 24.3 Å². The largest absolute Gasteiger partial charge is 0.453 e. The third-order valence-corrected chi connectivity index (χ3v) is 11.7. The topological polar surface area (TPSA) is 184 Å². The molecule has 0 aliphatic carbocycles. The predicted molar refractivity (Wildman–Crippen MR) is 223 cm³/mol. The van der Waals surface area contributed by atoms with Crippen LogP contribution in [0.1, 0.15) is 77.6 Å². The van der Waals surface area contributed by atoms with Gasteiger partial charge in [-0.25, -0.2) is 19.6 Å². The molecule has 0 bridgehead atoms. The lowest BCUT2D eigenvalue weighted by Gasteiger charge is -2.32. The molecule has 2 saturated heterocycles. The van der Waals surface area contributed by atoms with E-state index in [-0.39, 0.29) is 47.7 Å². The first kappa shape index (κ1) is 43.2. The summed E-state index contributed by atoms with van der Waals surface area (Å²) in [4.78, 5) is 71.6. The highest BCUT2D eigenvalue weighted by atomic mass is 35.5. The number of aromatic amines is 2. The van der Waals surface area contributed by atoms with Crippen LogP contribution in [0.25, 0.3) is 33.6 Å². The molecule has 0 unspecified atom stereocenters. The quantitative estimate of drug-likeness (QED) is 0.109. The second-order valence-electron chi connectivity index (χ2n) is 16.1. The Labute approximate surface area is 349 Å². The van der Waals surface area contributed by atoms with E-state index in [2.05, 4.69) is 25.6 Å². The molecule has 2 aliphatic heterocycles. The molecule has 16 heteroatoms. The van der Waals surface area contributed by atoms with Crippen LogP contribution in [0.2, 0.25) is 5.15 Å². The van der Waals surface area contributed by atoms with Crippen molar-refractivity contribution in [2.45, 2.75) is 84.1 Å². The average Bonchev–Trinajstić information content (AvgIpc) is 4.04. The number of ether oxygens (including phenoxy) is 3. The number of rotatable bonds is 13. The summed E-state index contributed by atoms with van der Waals surface area (Å²) in [5, 5.41) is 5.72. The van der Waals surface area contributed by atoms with Crippen LogP contribution in [0.15, 0.2) is 54.7 Å². The summed E-state index contributed by atoms with van der Waals surface area (Å²) in [6.45, 7) is 10.5. The molecule has 316 valence electrons. The first-order valence-corrected chi connectivity index (χ1v) is 20.4. The Morgan fingerprint density at radius 3 is 1.90 bits per heavy atom. The minimum Gasteiger partial charge on any atom is -0.453 e. The summed E-state index contributed by atoms with van der Waals surface area (Å²) in [6.07, 6.45) is 2.64. The number of nitrogens with one attached hydrogen (secondary N) is 4. The van der Waals surface area contributed by atoms with Crippen molar-refractivity contribution in [3.8, 4) is 33.6 Å². The number of nitrogens with zero attached hydrogens (tertiary/aromatic N) is 4. The van der Waals surface area contributed by atoms with E-state index in [9.17, 15) is 19.2 Å². The van der Waals surface area contributed by atoms with E-state index in [4.69, 9.17) is 30.8 Å². The molecule has 2 aromatic heterocycles. The number of benzene rings is 2. The first-order valence-electron chi connectivity index (χ1n) is 20.1. The van der Waals surface area contributed by atoms with Gasteiger partial charge >= 0.3 is 12.2 Å². The normalized spacial score (nSPS) is 20.2. The van der Waals surface area contributed by atoms with Gasteiger partial charge in [-0.1, -0.05) is 87.8 Å². The van der Waals surface area contributed by atoms with Crippen LogP contribution in [0.4, 0.5) is 9.59 Å². The smallest absolute Gasteiger partial charge is 0.407 e. The molecule has 2 aromatic carbocycles. The van der Waals surface area contributed by atoms with E-state index in [0.29, 0.717) is 48.5 Å². The fraction of sp³-hybridized carbons (Fsp3) is 0.488. The molecule has 4 N–H and O–H groups in total. The van der Waals surface area contributed by atoms with E-state index in [1.54, 1.807) is 23.1 Å². The molecule has 2 fully saturated rings. The summed E-state index contributed by atoms with van der Waals surface area (Å²) in [5.74, 6) is 0.706. The highest BCUT2D eigenvalue weighted by Gasteiger charge is 2.43. The molecule has 59 heavy (non-hydrogen) atoms. The summed E-state index contributed by atoms with van der Waals surface area (Å²) in [7, 11) is 4.21. The van der Waals surface area contributed by atoms with Gasteiger partial charge < -0.3 is 44.6 Å². The Morgan fingerprint density at radius 1 is 0.780 bits per heavy atom. The lowest BCUT2D eigenvalue weighted by molar-refractivity contribution is -0.137. The number of alkyl carbamates (subject to hydrolysis) is 2. The van der Waals surface area contributed by atoms with Gasteiger partial charge in [0.25, 0.3) is 0 Å². The molecule has 4 amide bonds. The van der Waals surface area contributed by atoms with Crippen LogP contribution in [-0.4, -0.2) is 106 Å². The summed E-state index contributed by atoms with van der Waals surface area (Å²) < 4.78 is 15.0. The number of aromatic nitrogens is 4. The van der Waals surface area contributed by atoms with E-state index in [1.165, 1.54) is 14.2 Å². The van der Waals surface area contributed by atoms with Crippen molar-refractivity contribution in [1.29, 1.82) is 0 Å². The lowest BCUT2D eigenvalue weighted by atomic mass is 10.0. The number of halogens is 1. The molecule has 0 saturated carbocycles. The molecular weight excluding hydrogens is 776 g/mol. The van der Waals surface area contributed by atoms with Crippen molar-refractivity contribution >= 4 is 35.6 Å². The number of carbonyl (C=O) groups excluding carboxylic acids is 4. The zero-order valence-electron chi connectivity index (χ0n) is 34.9. The number of methoxy groups -OCH3 is 3. The van der Waals surface area contributed by atoms with Gasteiger partial charge in [-0.2, -0.15) is 0 Å². The predicted octanol–water partition coefficient (Wildman–Crippen LogP) is 7.14. The Morgan fingerprint density at radius 2 is 1.34 bits per heavy atom. The number of imidazole rings is 2. The third kappa shape index (κ3) is 9.41. The zero-order valence-corrected chi connectivity index (χ0v) is 35.6. The van der Waals surface area contributed by atoms with Gasteiger partial charge in [0.2, 0.25) is 11.8 Å². The molecule has 4 heterocycles. The minimum absolute atomic E-state index is 0.0514. The number of H-pyrrole nitrogens is 2. The number of carbonyl (C=O) groups is 4. The average molecular weight is 831 g/mol. The van der Waals surface area contributed by atoms with Gasteiger partial charge in [-0.15, -0.1) is 0 Å². The maximum absolute atomic E-state index is 13.8. The van der Waals surface area contributed by atoms with Crippen LogP contribution in [0.5, 0.6) is 0 Å². The SMILES string of the molecule is COC[C@H]1C[C@@H](c2ncc(-c3ccc(-c4ccc(-c5[nH]c([C@@H]6CC[C@H](C)N6C(=O)[C@@H](NC(=O)OC)C(C)C)nc5Cl)cc4)cc3)[nH]2)N(C(=O)[C@@H](NC(=O)OC)C(C)C)C1. The Bertz CT molecular complexity index is 2100. The Balaban J connectivity index is 1.16. The van der Waals surface area contributed by atoms with E-state index >= 15 is 0 Å². The second-order valence-corrected chi connectivity index (χ2v) is 16.4. The molecule has 2 aliphatic rings. The summed E-state index contributed by atoms with van der Waals surface area (Å²) >= 11 is 6.72. The van der Waals surface area contributed by atoms with Gasteiger partial charge in [0.1, 0.15) is 23.7 Å². The van der Waals surface area contributed by atoms with Crippen LogP contribution >= 0.6 is 11.6 Å². The van der Waals surface area contributed by atoms with Crippen molar-refractivity contribution in [3.05, 3.63) is 71.5 Å². The molecular formula is C43H55ClN8O7. The molecule has 0 spiro atoms. The zero-order chi connectivity index (χ0) is 42.5. The minimum atomic E-state index is -0.748.